The molecule has 0 spiro atoms. The quantitative estimate of drug-likeness (QED) is 0.778. The summed E-state index contributed by atoms with van der Waals surface area (Å²) in [6, 6.07) is -0.777. The van der Waals surface area contributed by atoms with E-state index in [1.165, 1.54) is 0 Å². The third-order valence-corrected chi connectivity index (χ3v) is 4.44. The van der Waals surface area contributed by atoms with Crippen LogP contribution in [-0.2, 0) is 4.79 Å². The summed E-state index contributed by atoms with van der Waals surface area (Å²) in [7, 11) is 0. The minimum atomic E-state index is -4.67. The van der Waals surface area contributed by atoms with Gasteiger partial charge < -0.3 is 15.3 Å². The van der Waals surface area contributed by atoms with Gasteiger partial charge in [-0.25, -0.2) is 9.18 Å². The van der Waals surface area contributed by atoms with Crippen LogP contribution in [0.3, 0.4) is 0 Å². The van der Waals surface area contributed by atoms with Gasteiger partial charge in [-0.2, -0.15) is 13.2 Å². The summed E-state index contributed by atoms with van der Waals surface area (Å²) in [4.78, 5) is 23.6. The summed E-state index contributed by atoms with van der Waals surface area (Å²) in [6.07, 6.45) is -2.89. The van der Waals surface area contributed by atoms with Gasteiger partial charge in [0, 0.05) is 19.6 Å². The van der Waals surface area contributed by atoms with Gasteiger partial charge in [0.1, 0.15) is 5.67 Å². The van der Waals surface area contributed by atoms with Gasteiger partial charge >= 0.3 is 18.2 Å². The number of hydrogen-bond acceptors (Lipinski definition) is 2. The zero-order valence-corrected chi connectivity index (χ0v) is 11.8. The monoisotopic (exact) mass is 326 g/mol. The van der Waals surface area contributed by atoms with Crippen LogP contribution in [0.1, 0.15) is 25.7 Å². The van der Waals surface area contributed by atoms with Gasteiger partial charge in [-0.1, -0.05) is 0 Å². The predicted molar refractivity (Wildman–Crippen MR) is 67.9 cm³/mol. The third-order valence-electron chi connectivity index (χ3n) is 4.44. The number of hydrogen-bond donors (Lipinski definition) is 2. The molecule has 0 aromatic rings. The van der Waals surface area contributed by atoms with Gasteiger partial charge in [0.25, 0.3) is 0 Å². The predicted octanol–water partition coefficient (Wildman–Crippen LogP) is 2.17. The van der Waals surface area contributed by atoms with Crippen molar-refractivity contribution >= 4 is 12.0 Å². The molecule has 1 saturated carbocycles. The molecule has 0 bridgehead atoms. The molecule has 0 unspecified atom stereocenters. The molecule has 1 saturated heterocycles. The molecule has 126 valence electrons. The Morgan fingerprint density at radius 3 is 2.32 bits per heavy atom. The van der Waals surface area contributed by atoms with E-state index in [1.54, 1.807) is 0 Å². The van der Waals surface area contributed by atoms with Gasteiger partial charge in [0.15, 0.2) is 0 Å². The Kier molecular flexibility index (Phi) is 4.53. The molecule has 0 radical (unpaired) electrons. The second-order valence-electron chi connectivity index (χ2n) is 5.98. The molecule has 2 fully saturated rings. The van der Waals surface area contributed by atoms with Crippen LogP contribution in [-0.4, -0.2) is 53.5 Å². The molecule has 2 amide bonds. The van der Waals surface area contributed by atoms with Gasteiger partial charge in [0.2, 0.25) is 0 Å². The van der Waals surface area contributed by atoms with E-state index in [0.29, 0.717) is 12.8 Å². The van der Waals surface area contributed by atoms with Crippen molar-refractivity contribution in [3.63, 3.8) is 0 Å². The summed E-state index contributed by atoms with van der Waals surface area (Å²) in [6.45, 7) is -1.15. The van der Waals surface area contributed by atoms with Crippen molar-refractivity contribution in [2.75, 3.05) is 19.6 Å². The minimum absolute atomic E-state index is 0.0280. The van der Waals surface area contributed by atoms with Crippen molar-refractivity contribution in [2.45, 2.75) is 37.5 Å². The first-order valence-electron chi connectivity index (χ1n) is 7.14. The number of nitrogens with one attached hydrogen (secondary N) is 1. The first kappa shape index (κ1) is 16.8. The van der Waals surface area contributed by atoms with E-state index in [1.807, 2.05) is 0 Å². The van der Waals surface area contributed by atoms with Gasteiger partial charge in [0.05, 0.1) is 11.8 Å². The van der Waals surface area contributed by atoms with Crippen molar-refractivity contribution in [1.29, 1.82) is 0 Å². The molecule has 5 nitrogen and oxygen atoms in total. The van der Waals surface area contributed by atoms with Crippen LogP contribution in [0, 0.1) is 11.8 Å². The Bertz CT molecular complexity index is 451. The summed E-state index contributed by atoms with van der Waals surface area (Å²) >= 11 is 0. The molecule has 2 atom stereocenters. The van der Waals surface area contributed by atoms with E-state index in [4.69, 9.17) is 5.11 Å². The molecule has 0 aromatic heterocycles. The van der Waals surface area contributed by atoms with Crippen molar-refractivity contribution < 1.29 is 32.3 Å². The first-order chi connectivity index (χ1) is 10.1. The molecule has 1 heterocycles. The molecule has 1 aliphatic heterocycles. The third kappa shape index (κ3) is 3.61. The smallest absolute Gasteiger partial charge is 0.394 e. The highest BCUT2D eigenvalue weighted by Crippen LogP contribution is 2.39. The number of carboxylic acid groups (broad SMARTS) is 1. The number of likely N-dealkylation sites (tertiary alicyclic amines) is 1. The lowest BCUT2D eigenvalue weighted by atomic mass is 9.80. The highest BCUT2D eigenvalue weighted by atomic mass is 19.4. The minimum Gasteiger partial charge on any atom is -0.481 e. The summed E-state index contributed by atoms with van der Waals surface area (Å²) in [5, 5.41) is 11.2. The number of aliphatic carboxylic acids is 1. The van der Waals surface area contributed by atoms with Crippen molar-refractivity contribution in [1.82, 2.24) is 10.2 Å². The van der Waals surface area contributed by atoms with Crippen LogP contribution in [0.5, 0.6) is 0 Å². The SMILES string of the molecule is O=C(O)[C@@H]1CN(C(=O)NCCC2(F)CCC2)C[C@H]1C(F)(F)F. The van der Waals surface area contributed by atoms with Gasteiger partial charge in [-0.15, -0.1) is 0 Å². The molecule has 2 N–H and O–H groups in total. The number of alkyl halides is 4. The van der Waals surface area contributed by atoms with E-state index < -0.39 is 48.8 Å². The lowest BCUT2D eigenvalue weighted by Gasteiger charge is -2.33. The lowest BCUT2D eigenvalue weighted by molar-refractivity contribution is -0.187. The topological polar surface area (TPSA) is 69.6 Å². The van der Waals surface area contributed by atoms with Crippen LogP contribution in [0.2, 0.25) is 0 Å². The number of carbonyl (C=O) groups is 2. The summed E-state index contributed by atoms with van der Waals surface area (Å²) < 4.78 is 52.1. The maximum atomic E-state index is 13.7. The number of carboxylic acids is 1. The molecule has 0 aromatic carbocycles. The maximum Gasteiger partial charge on any atom is 0.394 e. The number of halogens is 4. The van der Waals surface area contributed by atoms with Gasteiger partial charge in [-0.3, -0.25) is 4.79 Å². The molecule has 9 heteroatoms. The zero-order chi connectivity index (χ0) is 16.5. The number of carbonyl (C=O) groups excluding carboxylic acids is 1. The zero-order valence-electron chi connectivity index (χ0n) is 11.8. The molecule has 2 rings (SSSR count). The standard InChI is InChI=1S/C13H18F4N2O3/c14-12(2-1-3-12)4-5-18-11(22)19-6-8(10(20)21)9(7-19)13(15,16)17/h8-9H,1-7H2,(H,18,22)(H,20,21)/t8-,9-/m1/s1. The summed E-state index contributed by atoms with van der Waals surface area (Å²) in [5.41, 5.74) is -1.28. The lowest BCUT2D eigenvalue weighted by Crippen LogP contribution is -2.42. The number of urea groups is 1. The second-order valence-corrected chi connectivity index (χ2v) is 5.98. The fourth-order valence-corrected chi connectivity index (χ4v) is 2.87. The fourth-order valence-electron chi connectivity index (χ4n) is 2.87. The highest BCUT2D eigenvalue weighted by Gasteiger charge is 2.53. The normalized spacial score (nSPS) is 27.4. The molecule has 1 aliphatic carbocycles. The molecular weight excluding hydrogens is 308 g/mol. The Hall–Kier alpha value is -1.54. The number of nitrogens with zero attached hydrogens (tertiary/aromatic N) is 1. The fraction of sp³-hybridized carbons (Fsp3) is 0.846. The van der Waals surface area contributed by atoms with Crippen LogP contribution in [0.4, 0.5) is 22.4 Å². The maximum absolute atomic E-state index is 13.7. The average molecular weight is 326 g/mol. The summed E-state index contributed by atoms with van der Waals surface area (Å²) in [5.74, 6) is -5.31. The van der Waals surface area contributed by atoms with Crippen LogP contribution >= 0.6 is 0 Å². The van der Waals surface area contributed by atoms with E-state index in [2.05, 4.69) is 5.32 Å². The van der Waals surface area contributed by atoms with Crippen LogP contribution < -0.4 is 5.32 Å². The van der Waals surface area contributed by atoms with Crippen LogP contribution in [0.25, 0.3) is 0 Å². The van der Waals surface area contributed by atoms with Crippen LogP contribution in [0.15, 0.2) is 0 Å². The average Bonchev–Trinajstić information content (AvgIpc) is 2.81. The number of rotatable bonds is 4. The largest absolute Gasteiger partial charge is 0.481 e. The Balaban J connectivity index is 1.86. The molecule has 2 aliphatic rings. The van der Waals surface area contributed by atoms with E-state index in [-0.39, 0.29) is 13.0 Å². The highest BCUT2D eigenvalue weighted by molar-refractivity contribution is 5.77. The second kappa shape index (κ2) is 5.92. The Morgan fingerprint density at radius 1 is 1.27 bits per heavy atom. The number of amides is 2. The van der Waals surface area contributed by atoms with E-state index in [0.717, 1.165) is 11.3 Å². The van der Waals surface area contributed by atoms with Crippen molar-refractivity contribution in [3.8, 4) is 0 Å². The van der Waals surface area contributed by atoms with Crippen molar-refractivity contribution in [2.24, 2.45) is 11.8 Å². The molecule has 22 heavy (non-hydrogen) atoms. The Labute approximate surface area is 124 Å². The van der Waals surface area contributed by atoms with E-state index >= 15 is 0 Å². The van der Waals surface area contributed by atoms with Gasteiger partial charge in [-0.05, 0) is 25.7 Å². The van der Waals surface area contributed by atoms with Crippen molar-refractivity contribution in [3.05, 3.63) is 0 Å². The van der Waals surface area contributed by atoms with E-state index in [9.17, 15) is 27.2 Å². The first-order valence-corrected chi connectivity index (χ1v) is 7.14. The Morgan fingerprint density at radius 2 is 1.91 bits per heavy atom. The molecular formula is C13H18F4N2O3.